The summed E-state index contributed by atoms with van der Waals surface area (Å²) < 4.78 is 26.0. The largest absolute Gasteiger partial charge is 0.393 e. The highest BCUT2D eigenvalue weighted by molar-refractivity contribution is 5.19. The fourth-order valence-electron chi connectivity index (χ4n) is 1.37. The lowest BCUT2D eigenvalue weighted by Crippen LogP contribution is -2.11. The van der Waals surface area contributed by atoms with E-state index in [2.05, 4.69) is 6.58 Å². The van der Waals surface area contributed by atoms with Crippen LogP contribution in [0.3, 0.4) is 0 Å². The maximum atomic E-state index is 13.2. The van der Waals surface area contributed by atoms with Gasteiger partial charge in [-0.15, -0.1) is 6.58 Å². The first kappa shape index (κ1) is 11.9. The topological polar surface area (TPSA) is 20.2 Å². The summed E-state index contributed by atoms with van der Waals surface area (Å²) in [5, 5.41) is 9.51. The van der Waals surface area contributed by atoms with Crippen molar-refractivity contribution in [1.29, 1.82) is 0 Å². The minimum absolute atomic E-state index is 0.136. The average molecular weight is 212 g/mol. The Morgan fingerprint density at radius 3 is 2.80 bits per heavy atom. The molecule has 0 aromatic heterocycles. The van der Waals surface area contributed by atoms with E-state index < -0.39 is 17.7 Å². The quantitative estimate of drug-likeness (QED) is 0.744. The zero-order valence-corrected chi connectivity index (χ0v) is 8.42. The van der Waals surface area contributed by atoms with Crippen molar-refractivity contribution >= 4 is 0 Å². The number of benzene rings is 1. The summed E-state index contributed by atoms with van der Waals surface area (Å²) in [5.41, 5.74) is 0.214. The molecule has 1 unspecified atom stereocenters. The molecule has 0 aliphatic heterocycles. The lowest BCUT2D eigenvalue weighted by atomic mass is 10.0. The summed E-state index contributed by atoms with van der Waals surface area (Å²) in [4.78, 5) is 0. The summed E-state index contributed by atoms with van der Waals surface area (Å²) in [6.07, 6.45) is 2.35. The molecule has 0 bridgehead atoms. The highest BCUT2D eigenvalue weighted by Crippen LogP contribution is 2.14. The molecule has 1 aromatic rings. The molecule has 15 heavy (non-hydrogen) atoms. The molecule has 1 atom stereocenters. The van der Waals surface area contributed by atoms with E-state index in [-0.39, 0.29) is 12.0 Å². The van der Waals surface area contributed by atoms with Crippen LogP contribution in [0.15, 0.2) is 30.9 Å². The average Bonchev–Trinajstić information content (AvgIpc) is 2.22. The van der Waals surface area contributed by atoms with Crippen LogP contribution in [-0.4, -0.2) is 11.2 Å². The molecule has 0 fully saturated rings. The molecular formula is C12H14F2O. The number of allylic oxidation sites excluding steroid dienone is 1. The predicted octanol–water partition coefficient (Wildman–Crippen LogP) is 2.83. The van der Waals surface area contributed by atoms with Crippen LogP contribution in [0.4, 0.5) is 8.78 Å². The molecule has 0 spiro atoms. The van der Waals surface area contributed by atoms with Gasteiger partial charge in [-0.3, -0.25) is 0 Å². The Balaban J connectivity index is 2.63. The fourth-order valence-corrected chi connectivity index (χ4v) is 1.37. The second-order valence-corrected chi connectivity index (χ2v) is 3.44. The molecule has 0 saturated heterocycles. The van der Waals surface area contributed by atoms with E-state index in [1.165, 1.54) is 12.1 Å². The highest BCUT2D eigenvalue weighted by atomic mass is 19.2. The van der Waals surface area contributed by atoms with E-state index in [1.807, 2.05) is 0 Å². The lowest BCUT2D eigenvalue weighted by Gasteiger charge is -2.10. The second-order valence-electron chi connectivity index (χ2n) is 3.44. The normalized spacial score (nSPS) is 12.5. The van der Waals surface area contributed by atoms with Gasteiger partial charge in [0.15, 0.2) is 11.6 Å². The molecule has 0 aliphatic carbocycles. The minimum atomic E-state index is -0.872. The number of hydrogen-bond acceptors (Lipinski definition) is 1. The highest BCUT2D eigenvalue weighted by Gasteiger charge is 2.11. The van der Waals surface area contributed by atoms with Crippen molar-refractivity contribution in [1.82, 2.24) is 0 Å². The van der Waals surface area contributed by atoms with Crippen molar-refractivity contribution in [2.45, 2.75) is 25.4 Å². The van der Waals surface area contributed by atoms with Crippen molar-refractivity contribution < 1.29 is 13.9 Å². The maximum absolute atomic E-state index is 13.2. The van der Waals surface area contributed by atoms with Gasteiger partial charge in [0.25, 0.3) is 0 Å². The van der Waals surface area contributed by atoms with Gasteiger partial charge < -0.3 is 5.11 Å². The minimum Gasteiger partial charge on any atom is -0.393 e. The first-order valence-corrected chi connectivity index (χ1v) is 4.87. The molecule has 1 rings (SSSR count). The first-order valence-electron chi connectivity index (χ1n) is 4.87. The Morgan fingerprint density at radius 1 is 1.40 bits per heavy atom. The van der Waals surface area contributed by atoms with Crippen LogP contribution in [-0.2, 0) is 6.42 Å². The maximum Gasteiger partial charge on any atom is 0.162 e. The van der Waals surface area contributed by atoms with Gasteiger partial charge in [0, 0.05) is 6.42 Å². The molecule has 0 saturated carbocycles. The molecular weight excluding hydrogens is 198 g/mol. The monoisotopic (exact) mass is 212 g/mol. The predicted molar refractivity (Wildman–Crippen MR) is 55.5 cm³/mol. The number of aliphatic hydroxyl groups excluding tert-OH is 1. The van der Waals surface area contributed by atoms with Gasteiger partial charge in [0.1, 0.15) is 0 Å². The standard InChI is InChI=1S/C12H14F2O/c1-2-3-6-10(15)8-9-5-4-7-11(13)12(9)14/h2,4-5,7,10,15H,1,3,6,8H2. The molecule has 1 nitrogen and oxygen atoms in total. The van der Waals surface area contributed by atoms with E-state index in [0.29, 0.717) is 12.8 Å². The lowest BCUT2D eigenvalue weighted by molar-refractivity contribution is 0.164. The summed E-state index contributed by atoms with van der Waals surface area (Å²) in [5.74, 6) is -1.74. The zero-order valence-electron chi connectivity index (χ0n) is 8.42. The number of aliphatic hydroxyl groups is 1. The SMILES string of the molecule is C=CCCC(O)Cc1cccc(F)c1F. The van der Waals surface area contributed by atoms with E-state index in [1.54, 1.807) is 6.08 Å². The summed E-state index contributed by atoms with van der Waals surface area (Å²) in [6, 6.07) is 3.98. The van der Waals surface area contributed by atoms with Crippen molar-refractivity contribution in [2.75, 3.05) is 0 Å². The van der Waals surface area contributed by atoms with Crippen molar-refractivity contribution in [3.63, 3.8) is 0 Å². The Kier molecular flexibility index (Phi) is 4.43. The third-order valence-corrected chi connectivity index (χ3v) is 2.19. The molecule has 3 heteroatoms. The molecule has 1 aromatic carbocycles. The molecule has 0 heterocycles. The van der Waals surface area contributed by atoms with Crippen LogP contribution < -0.4 is 0 Å². The van der Waals surface area contributed by atoms with Crippen molar-refractivity contribution in [2.24, 2.45) is 0 Å². The van der Waals surface area contributed by atoms with Crippen LogP contribution in [0.25, 0.3) is 0 Å². The third-order valence-electron chi connectivity index (χ3n) is 2.19. The van der Waals surface area contributed by atoms with Gasteiger partial charge in [0.05, 0.1) is 6.10 Å². The summed E-state index contributed by atoms with van der Waals surface area (Å²) >= 11 is 0. The molecule has 0 radical (unpaired) electrons. The number of halogens is 2. The smallest absolute Gasteiger partial charge is 0.162 e. The molecule has 0 aliphatic rings. The van der Waals surface area contributed by atoms with Crippen LogP contribution >= 0.6 is 0 Å². The van der Waals surface area contributed by atoms with E-state index in [9.17, 15) is 13.9 Å². The van der Waals surface area contributed by atoms with Gasteiger partial charge in [-0.1, -0.05) is 18.2 Å². The van der Waals surface area contributed by atoms with E-state index in [0.717, 1.165) is 6.07 Å². The second kappa shape index (κ2) is 5.61. The van der Waals surface area contributed by atoms with Gasteiger partial charge in [-0.2, -0.15) is 0 Å². The van der Waals surface area contributed by atoms with Gasteiger partial charge >= 0.3 is 0 Å². The van der Waals surface area contributed by atoms with Crippen LogP contribution in [0.1, 0.15) is 18.4 Å². The van der Waals surface area contributed by atoms with Crippen molar-refractivity contribution in [3.8, 4) is 0 Å². The summed E-state index contributed by atoms with van der Waals surface area (Å²) in [6.45, 7) is 3.53. The van der Waals surface area contributed by atoms with Crippen LogP contribution in [0.2, 0.25) is 0 Å². The van der Waals surface area contributed by atoms with Crippen molar-refractivity contribution in [3.05, 3.63) is 48.1 Å². The van der Waals surface area contributed by atoms with Gasteiger partial charge in [-0.25, -0.2) is 8.78 Å². The van der Waals surface area contributed by atoms with Crippen LogP contribution in [0.5, 0.6) is 0 Å². The Hall–Kier alpha value is -1.22. The van der Waals surface area contributed by atoms with Crippen LogP contribution in [0, 0.1) is 11.6 Å². The first-order chi connectivity index (χ1) is 7.15. The van der Waals surface area contributed by atoms with Gasteiger partial charge in [0.2, 0.25) is 0 Å². The third kappa shape index (κ3) is 3.44. The number of hydrogen-bond donors (Lipinski definition) is 1. The van der Waals surface area contributed by atoms with Gasteiger partial charge in [-0.05, 0) is 24.5 Å². The Bertz CT molecular complexity index is 336. The Morgan fingerprint density at radius 2 is 2.13 bits per heavy atom. The van der Waals surface area contributed by atoms with E-state index >= 15 is 0 Å². The fraction of sp³-hybridized carbons (Fsp3) is 0.333. The Labute approximate surface area is 88.1 Å². The summed E-state index contributed by atoms with van der Waals surface area (Å²) in [7, 11) is 0. The molecule has 82 valence electrons. The molecule has 1 N–H and O–H groups in total. The number of rotatable bonds is 5. The van der Waals surface area contributed by atoms with E-state index in [4.69, 9.17) is 0 Å². The zero-order chi connectivity index (χ0) is 11.3. The molecule has 0 amide bonds.